The van der Waals surface area contributed by atoms with Crippen molar-refractivity contribution in [2.24, 2.45) is 0 Å². The molecule has 1 atom stereocenters. The lowest BCUT2D eigenvalue weighted by Gasteiger charge is -2.30. The molecule has 1 heterocycles. The molecular formula is C17H20N2O6. The van der Waals surface area contributed by atoms with Gasteiger partial charge in [0.25, 0.3) is 5.69 Å². The number of hydrogen-bond acceptors (Lipinski definition) is 7. The predicted molar refractivity (Wildman–Crippen MR) is 89.4 cm³/mol. The SMILES string of the molecule is COCOC1=C(C)NC(C)=C(C(=O)OC)C1c1ccccc1[N+](=O)[O-]. The second kappa shape index (κ2) is 7.80. The number of benzene rings is 1. The molecule has 0 saturated heterocycles. The number of esters is 1. The van der Waals surface area contributed by atoms with Crippen LogP contribution in [-0.2, 0) is 19.0 Å². The summed E-state index contributed by atoms with van der Waals surface area (Å²) in [6, 6.07) is 6.25. The Kier molecular flexibility index (Phi) is 5.76. The number of nitro groups is 1. The van der Waals surface area contributed by atoms with E-state index >= 15 is 0 Å². The molecule has 1 aromatic rings. The quantitative estimate of drug-likeness (QED) is 0.365. The molecule has 8 nitrogen and oxygen atoms in total. The van der Waals surface area contributed by atoms with Crippen LogP contribution in [0.3, 0.4) is 0 Å². The number of para-hydroxylation sites is 1. The zero-order valence-electron chi connectivity index (χ0n) is 14.5. The first-order valence-electron chi connectivity index (χ1n) is 7.54. The van der Waals surface area contributed by atoms with Gasteiger partial charge >= 0.3 is 5.97 Å². The first-order valence-corrected chi connectivity index (χ1v) is 7.54. The van der Waals surface area contributed by atoms with E-state index in [1.54, 1.807) is 32.0 Å². The summed E-state index contributed by atoms with van der Waals surface area (Å²) in [6.45, 7) is 3.42. The largest absolute Gasteiger partial charge is 0.469 e. The van der Waals surface area contributed by atoms with E-state index in [-0.39, 0.29) is 18.1 Å². The summed E-state index contributed by atoms with van der Waals surface area (Å²) in [5.41, 5.74) is 1.70. The zero-order valence-corrected chi connectivity index (χ0v) is 14.5. The highest BCUT2D eigenvalue weighted by atomic mass is 16.7. The third-order valence-electron chi connectivity index (χ3n) is 3.88. The number of carbonyl (C=O) groups is 1. The highest BCUT2D eigenvalue weighted by Crippen LogP contribution is 2.42. The molecule has 0 radical (unpaired) electrons. The van der Waals surface area contributed by atoms with Crippen molar-refractivity contribution < 1.29 is 23.9 Å². The van der Waals surface area contributed by atoms with Gasteiger partial charge in [-0.05, 0) is 13.8 Å². The van der Waals surface area contributed by atoms with Crippen LogP contribution in [0.2, 0.25) is 0 Å². The predicted octanol–water partition coefficient (Wildman–Crippen LogP) is 2.58. The molecule has 2 rings (SSSR count). The van der Waals surface area contributed by atoms with Gasteiger partial charge in [-0.1, -0.05) is 18.2 Å². The molecule has 0 bridgehead atoms. The maximum Gasteiger partial charge on any atom is 0.336 e. The number of allylic oxidation sites excluding steroid dienone is 3. The van der Waals surface area contributed by atoms with Gasteiger partial charge in [0, 0.05) is 24.4 Å². The first-order chi connectivity index (χ1) is 11.9. The fraction of sp³-hybridized carbons (Fsp3) is 0.353. The van der Waals surface area contributed by atoms with Crippen molar-refractivity contribution in [2.75, 3.05) is 21.0 Å². The van der Waals surface area contributed by atoms with Gasteiger partial charge in [-0.2, -0.15) is 0 Å². The Morgan fingerprint density at radius 3 is 2.52 bits per heavy atom. The van der Waals surface area contributed by atoms with Crippen molar-refractivity contribution in [1.82, 2.24) is 5.32 Å². The summed E-state index contributed by atoms with van der Waals surface area (Å²) in [7, 11) is 2.73. The summed E-state index contributed by atoms with van der Waals surface area (Å²) in [4.78, 5) is 23.4. The number of methoxy groups -OCH3 is 2. The number of carbonyl (C=O) groups excluding carboxylic acids is 1. The van der Waals surface area contributed by atoms with Gasteiger partial charge in [-0.3, -0.25) is 10.1 Å². The highest BCUT2D eigenvalue weighted by molar-refractivity contribution is 5.92. The van der Waals surface area contributed by atoms with E-state index < -0.39 is 16.8 Å². The number of nitro benzene ring substituents is 1. The summed E-state index contributed by atoms with van der Waals surface area (Å²) < 4.78 is 15.5. The normalized spacial score (nSPS) is 17.2. The van der Waals surface area contributed by atoms with Gasteiger partial charge in [0.15, 0.2) is 6.79 Å². The topological polar surface area (TPSA) is 99.9 Å². The second-order valence-electron chi connectivity index (χ2n) is 5.44. The fourth-order valence-electron chi connectivity index (χ4n) is 2.86. The molecule has 0 aromatic heterocycles. The molecule has 1 aliphatic rings. The molecule has 1 aliphatic heterocycles. The molecule has 0 fully saturated rings. The molecular weight excluding hydrogens is 328 g/mol. The van der Waals surface area contributed by atoms with E-state index in [0.29, 0.717) is 22.7 Å². The lowest BCUT2D eigenvalue weighted by molar-refractivity contribution is -0.385. The number of ether oxygens (including phenoxy) is 3. The zero-order chi connectivity index (χ0) is 18.6. The van der Waals surface area contributed by atoms with Gasteiger partial charge in [-0.15, -0.1) is 0 Å². The van der Waals surface area contributed by atoms with E-state index in [1.807, 2.05) is 0 Å². The molecule has 1 N–H and O–H groups in total. The van der Waals surface area contributed by atoms with E-state index in [0.717, 1.165) is 0 Å². The van der Waals surface area contributed by atoms with Crippen molar-refractivity contribution in [3.05, 3.63) is 62.7 Å². The second-order valence-corrected chi connectivity index (χ2v) is 5.44. The molecule has 0 saturated carbocycles. The lowest BCUT2D eigenvalue weighted by atomic mass is 9.84. The van der Waals surface area contributed by atoms with Crippen LogP contribution in [0.5, 0.6) is 0 Å². The summed E-state index contributed by atoms with van der Waals surface area (Å²) >= 11 is 0. The maximum atomic E-state index is 12.4. The minimum absolute atomic E-state index is 0.0566. The molecule has 0 amide bonds. The van der Waals surface area contributed by atoms with Crippen LogP contribution in [0, 0.1) is 10.1 Å². The smallest absolute Gasteiger partial charge is 0.336 e. The first kappa shape index (κ1) is 18.5. The Labute approximate surface area is 145 Å². The Morgan fingerprint density at radius 2 is 1.92 bits per heavy atom. The third-order valence-corrected chi connectivity index (χ3v) is 3.88. The number of nitrogens with zero attached hydrogens (tertiary/aromatic N) is 1. The Morgan fingerprint density at radius 1 is 1.24 bits per heavy atom. The standard InChI is InChI=1S/C17H20N2O6/c1-10-14(17(20)24-4)15(16(11(2)18-10)25-9-23-3)12-7-5-6-8-13(12)19(21)22/h5-8,15,18H,9H2,1-4H3. The monoisotopic (exact) mass is 348 g/mol. The number of dihydropyridines is 1. The molecule has 1 unspecified atom stereocenters. The van der Waals surface area contributed by atoms with Crippen LogP contribution < -0.4 is 5.32 Å². The van der Waals surface area contributed by atoms with Crippen molar-refractivity contribution in [3.8, 4) is 0 Å². The molecule has 1 aromatic carbocycles. The van der Waals surface area contributed by atoms with E-state index in [1.165, 1.54) is 20.3 Å². The fourth-order valence-corrected chi connectivity index (χ4v) is 2.86. The minimum atomic E-state index is -0.773. The van der Waals surface area contributed by atoms with Gasteiger partial charge < -0.3 is 19.5 Å². The lowest BCUT2D eigenvalue weighted by Crippen LogP contribution is -2.30. The van der Waals surface area contributed by atoms with Crippen molar-refractivity contribution in [3.63, 3.8) is 0 Å². The van der Waals surface area contributed by atoms with Crippen LogP contribution in [-0.4, -0.2) is 31.9 Å². The number of rotatable bonds is 6. The van der Waals surface area contributed by atoms with Crippen LogP contribution in [0.25, 0.3) is 0 Å². The number of hydrogen-bond donors (Lipinski definition) is 1. The van der Waals surface area contributed by atoms with Gasteiger partial charge in [0.2, 0.25) is 0 Å². The molecule has 8 heteroatoms. The summed E-state index contributed by atoms with van der Waals surface area (Å²) in [5.74, 6) is -0.980. The van der Waals surface area contributed by atoms with Crippen molar-refractivity contribution in [1.29, 1.82) is 0 Å². The van der Waals surface area contributed by atoms with Crippen molar-refractivity contribution >= 4 is 11.7 Å². The molecule has 0 spiro atoms. The van der Waals surface area contributed by atoms with Crippen molar-refractivity contribution in [2.45, 2.75) is 19.8 Å². The molecule has 25 heavy (non-hydrogen) atoms. The van der Waals surface area contributed by atoms with E-state index in [2.05, 4.69) is 5.32 Å². The van der Waals surface area contributed by atoms with E-state index in [9.17, 15) is 14.9 Å². The summed E-state index contributed by atoms with van der Waals surface area (Å²) in [6.07, 6.45) is 0. The van der Waals surface area contributed by atoms with Crippen LogP contribution >= 0.6 is 0 Å². The van der Waals surface area contributed by atoms with Gasteiger partial charge in [0.1, 0.15) is 5.76 Å². The Hall–Kier alpha value is -2.87. The highest BCUT2D eigenvalue weighted by Gasteiger charge is 2.38. The molecule has 134 valence electrons. The maximum absolute atomic E-state index is 12.4. The Balaban J connectivity index is 2.69. The van der Waals surface area contributed by atoms with E-state index in [4.69, 9.17) is 14.2 Å². The minimum Gasteiger partial charge on any atom is -0.469 e. The van der Waals surface area contributed by atoms with Gasteiger partial charge in [-0.25, -0.2) is 4.79 Å². The summed E-state index contributed by atoms with van der Waals surface area (Å²) in [5, 5.41) is 14.5. The third kappa shape index (κ3) is 3.63. The average Bonchev–Trinajstić information content (AvgIpc) is 2.59. The van der Waals surface area contributed by atoms with Crippen LogP contribution in [0.4, 0.5) is 5.69 Å². The average molecular weight is 348 g/mol. The van der Waals surface area contributed by atoms with Gasteiger partial charge in [0.05, 0.1) is 29.2 Å². The van der Waals surface area contributed by atoms with Crippen LogP contribution in [0.1, 0.15) is 25.3 Å². The number of nitrogens with one attached hydrogen (secondary N) is 1. The Bertz CT molecular complexity index is 753. The van der Waals surface area contributed by atoms with Crippen LogP contribution in [0.15, 0.2) is 47.0 Å². The molecule has 0 aliphatic carbocycles.